The molecule has 1 N–H and O–H groups in total. The summed E-state index contributed by atoms with van der Waals surface area (Å²) in [6.07, 6.45) is -1.89. The van der Waals surface area contributed by atoms with E-state index in [9.17, 15) is 13.9 Å². The number of hydrogen-bond acceptors (Lipinski definition) is 3. The molecule has 1 aromatic carbocycles. The van der Waals surface area contributed by atoms with Gasteiger partial charge in [0, 0.05) is 13.1 Å². The number of benzene rings is 1. The van der Waals surface area contributed by atoms with Crippen molar-refractivity contribution >= 4 is 0 Å². The van der Waals surface area contributed by atoms with Gasteiger partial charge in [-0.25, -0.2) is 8.78 Å². The summed E-state index contributed by atoms with van der Waals surface area (Å²) in [6.45, 7) is 3.20. The molecule has 0 radical (unpaired) electrons. The van der Waals surface area contributed by atoms with E-state index in [1.165, 1.54) is 12.1 Å². The van der Waals surface area contributed by atoms with E-state index in [0.717, 1.165) is 6.54 Å². The van der Waals surface area contributed by atoms with Crippen LogP contribution in [0.25, 0.3) is 0 Å². The fourth-order valence-corrected chi connectivity index (χ4v) is 2.14. The Morgan fingerprint density at radius 3 is 2.83 bits per heavy atom. The predicted octanol–water partition coefficient (Wildman–Crippen LogP) is 1.64. The van der Waals surface area contributed by atoms with Gasteiger partial charge in [-0.2, -0.15) is 0 Å². The summed E-state index contributed by atoms with van der Waals surface area (Å²) in [5, 5.41) is 10.1. The second-order valence-corrected chi connectivity index (χ2v) is 4.71. The van der Waals surface area contributed by atoms with E-state index >= 15 is 0 Å². The molecule has 1 saturated heterocycles. The normalized spacial score (nSPS) is 23.1. The highest BCUT2D eigenvalue weighted by Crippen LogP contribution is 2.28. The molecule has 0 saturated carbocycles. The van der Waals surface area contributed by atoms with Crippen molar-refractivity contribution in [2.24, 2.45) is 0 Å². The van der Waals surface area contributed by atoms with Crippen LogP contribution in [0.5, 0.6) is 0 Å². The van der Waals surface area contributed by atoms with Crippen molar-refractivity contribution in [2.45, 2.75) is 19.1 Å². The standard InChI is InChI=1S/C13H17F2NO2/c1-8-3-4-9(14)11(12(8)15)13(17)10-7-16(2)5-6-18-10/h3-4,10,13,17H,5-7H2,1-2H3. The number of aliphatic hydroxyl groups excluding tert-OH is 1. The number of nitrogens with zero attached hydrogens (tertiary/aromatic N) is 1. The van der Waals surface area contributed by atoms with Crippen molar-refractivity contribution in [2.75, 3.05) is 26.7 Å². The van der Waals surface area contributed by atoms with Gasteiger partial charge in [0.1, 0.15) is 23.8 Å². The Morgan fingerprint density at radius 2 is 2.17 bits per heavy atom. The molecule has 3 nitrogen and oxygen atoms in total. The number of halogens is 2. The molecule has 1 aromatic rings. The second-order valence-electron chi connectivity index (χ2n) is 4.71. The highest BCUT2D eigenvalue weighted by Gasteiger charge is 2.30. The van der Waals surface area contributed by atoms with Crippen LogP contribution in [-0.2, 0) is 4.74 Å². The van der Waals surface area contributed by atoms with Crippen LogP contribution in [0.3, 0.4) is 0 Å². The Bertz CT molecular complexity index is 439. The highest BCUT2D eigenvalue weighted by molar-refractivity contribution is 5.29. The lowest BCUT2D eigenvalue weighted by Gasteiger charge is -2.33. The van der Waals surface area contributed by atoms with E-state index in [-0.39, 0.29) is 5.56 Å². The molecule has 2 unspecified atom stereocenters. The quantitative estimate of drug-likeness (QED) is 0.874. The molecular formula is C13H17F2NO2. The summed E-state index contributed by atoms with van der Waals surface area (Å²) in [4.78, 5) is 1.96. The van der Waals surface area contributed by atoms with Gasteiger partial charge in [-0.1, -0.05) is 6.07 Å². The largest absolute Gasteiger partial charge is 0.385 e. The topological polar surface area (TPSA) is 32.7 Å². The minimum Gasteiger partial charge on any atom is -0.385 e. The van der Waals surface area contributed by atoms with E-state index in [1.807, 2.05) is 11.9 Å². The van der Waals surface area contributed by atoms with Crippen LogP contribution in [0.2, 0.25) is 0 Å². The second kappa shape index (κ2) is 5.30. The van der Waals surface area contributed by atoms with E-state index in [4.69, 9.17) is 4.74 Å². The third kappa shape index (κ3) is 2.53. The van der Waals surface area contributed by atoms with Gasteiger partial charge in [-0.3, -0.25) is 0 Å². The van der Waals surface area contributed by atoms with Crippen molar-refractivity contribution in [3.8, 4) is 0 Å². The van der Waals surface area contributed by atoms with Gasteiger partial charge in [0.25, 0.3) is 0 Å². The van der Waals surface area contributed by atoms with Crippen LogP contribution in [0, 0.1) is 18.6 Å². The summed E-state index contributed by atoms with van der Waals surface area (Å²) in [6, 6.07) is 2.53. The molecule has 18 heavy (non-hydrogen) atoms. The van der Waals surface area contributed by atoms with Gasteiger partial charge in [0.05, 0.1) is 12.2 Å². The summed E-state index contributed by atoms with van der Waals surface area (Å²) >= 11 is 0. The molecule has 100 valence electrons. The molecule has 0 amide bonds. The molecule has 0 aliphatic carbocycles. The molecule has 1 heterocycles. The van der Waals surface area contributed by atoms with Crippen LogP contribution >= 0.6 is 0 Å². The van der Waals surface area contributed by atoms with Gasteiger partial charge >= 0.3 is 0 Å². The number of morpholine rings is 1. The first-order chi connectivity index (χ1) is 8.50. The minimum absolute atomic E-state index is 0.296. The molecule has 0 aromatic heterocycles. The molecule has 1 aliphatic rings. The lowest BCUT2D eigenvalue weighted by molar-refractivity contribution is -0.0863. The Morgan fingerprint density at radius 1 is 1.44 bits per heavy atom. The SMILES string of the molecule is Cc1ccc(F)c(C(O)C2CN(C)CCO2)c1F. The van der Waals surface area contributed by atoms with Crippen molar-refractivity contribution in [1.29, 1.82) is 0 Å². The summed E-state index contributed by atoms with van der Waals surface area (Å²) in [7, 11) is 1.88. The number of rotatable bonds is 2. The zero-order chi connectivity index (χ0) is 13.3. The van der Waals surface area contributed by atoms with Gasteiger partial charge in [0.2, 0.25) is 0 Å². The summed E-state index contributed by atoms with van der Waals surface area (Å²) in [5.74, 6) is -1.43. The van der Waals surface area contributed by atoms with E-state index in [1.54, 1.807) is 6.92 Å². The average Bonchev–Trinajstić information content (AvgIpc) is 2.34. The predicted molar refractivity (Wildman–Crippen MR) is 63.3 cm³/mol. The maximum atomic E-state index is 13.9. The lowest BCUT2D eigenvalue weighted by Crippen LogP contribution is -2.43. The first kappa shape index (κ1) is 13.4. The Kier molecular flexibility index (Phi) is 3.94. The highest BCUT2D eigenvalue weighted by atomic mass is 19.1. The first-order valence-corrected chi connectivity index (χ1v) is 5.93. The van der Waals surface area contributed by atoms with Gasteiger partial charge in [-0.05, 0) is 25.6 Å². The molecule has 0 bridgehead atoms. The lowest BCUT2D eigenvalue weighted by atomic mass is 9.99. The molecule has 1 aliphatic heterocycles. The number of aryl methyl sites for hydroxylation is 1. The van der Waals surface area contributed by atoms with Crippen molar-refractivity contribution in [3.63, 3.8) is 0 Å². The Balaban J connectivity index is 2.28. The van der Waals surface area contributed by atoms with Gasteiger partial charge in [-0.15, -0.1) is 0 Å². The zero-order valence-corrected chi connectivity index (χ0v) is 10.5. The van der Waals surface area contributed by atoms with Crippen molar-refractivity contribution in [1.82, 2.24) is 4.90 Å². The van der Waals surface area contributed by atoms with Gasteiger partial charge in [0.15, 0.2) is 0 Å². The Labute approximate surface area is 105 Å². The van der Waals surface area contributed by atoms with Crippen molar-refractivity contribution in [3.05, 3.63) is 34.9 Å². The van der Waals surface area contributed by atoms with Gasteiger partial charge < -0.3 is 14.7 Å². The van der Waals surface area contributed by atoms with Crippen LogP contribution in [0.4, 0.5) is 8.78 Å². The number of likely N-dealkylation sites (N-methyl/N-ethyl adjacent to an activating group) is 1. The zero-order valence-electron chi connectivity index (χ0n) is 10.5. The molecular weight excluding hydrogens is 240 g/mol. The maximum absolute atomic E-state index is 13.9. The Hall–Kier alpha value is -1.04. The number of aliphatic hydroxyl groups is 1. The van der Waals surface area contributed by atoms with Crippen molar-refractivity contribution < 1.29 is 18.6 Å². The van der Waals surface area contributed by atoms with Crippen LogP contribution in [0.1, 0.15) is 17.2 Å². The number of ether oxygens (including phenoxy) is 1. The maximum Gasteiger partial charge on any atom is 0.134 e. The van der Waals surface area contributed by atoms with Crippen LogP contribution in [-0.4, -0.2) is 42.9 Å². The molecule has 0 spiro atoms. The molecule has 2 atom stereocenters. The monoisotopic (exact) mass is 257 g/mol. The minimum atomic E-state index is -1.28. The third-order valence-corrected chi connectivity index (χ3v) is 3.26. The average molecular weight is 257 g/mol. The fraction of sp³-hybridized carbons (Fsp3) is 0.538. The van der Waals surface area contributed by atoms with E-state index in [2.05, 4.69) is 0 Å². The van der Waals surface area contributed by atoms with E-state index in [0.29, 0.717) is 18.7 Å². The summed E-state index contributed by atoms with van der Waals surface area (Å²) in [5.41, 5.74) is 0.0184. The smallest absolute Gasteiger partial charge is 0.134 e. The fourth-order valence-electron chi connectivity index (χ4n) is 2.14. The van der Waals surface area contributed by atoms with E-state index < -0.39 is 23.8 Å². The molecule has 2 rings (SSSR count). The number of hydrogen-bond donors (Lipinski definition) is 1. The third-order valence-electron chi connectivity index (χ3n) is 3.26. The molecule has 1 fully saturated rings. The molecule has 5 heteroatoms. The summed E-state index contributed by atoms with van der Waals surface area (Å²) < 4.78 is 32.9. The van der Waals surface area contributed by atoms with Crippen LogP contribution < -0.4 is 0 Å². The first-order valence-electron chi connectivity index (χ1n) is 5.93. The van der Waals surface area contributed by atoms with Crippen LogP contribution in [0.15, 0.2) is 12.1 Å².